The summed E-state index contributed by atoms with van der Waals surface area (Å²) in [5.41, 5.74) is 9.44. The largest absolute Gasteiger partial charge is 0.397 e. The van der Waals surface area contributed by atoms with Crippen LogP contribution in [0.5, 0.6) is 0 Å². The molecule has 0 aliphatic rings. The number of para-hydroxylation sites is 1. The third kappa shape index (κ3) is 2.39. The van der Waals surface area contributed by atoms with Crippen molar-refractivity contribution in [2.75, 3.05) is 11.1 Å². The molecule has 0 bridgehead atoms. The summed E-state index contributed by atoms with van der Waals surface area (Å²) in [4.78, 5) is 0. The van der Waals surface area contributed by atoms with E-state index in [0.717, 1.165) is 16.9 Å². The van der Waals surface area contributed by atoms with Crippen molar-refractivity contribution >= 4 is 28.7 Å². The fourth-order valence-electron chi connectivity index (χ4n) is 1.64. The Kier molecular flexibility index (Phi) is 3.40. The maximum atomic E-state index is 9.02. The van der Waals surface area contributed by atoms with Crippen LogP contribution in [-0.2, 0) is 0 Å². The van der Waals surface area contributed by atoms with Crippen LogP contribution in [0.2, 0.25) is 5.02 Å². The summed E-state index contributed by atoms with van der Waals surface area (Å²) in [6.07, 6.45) is 0. The van der Waals surface area contributed by atoms with E-state index < -0.39 is 0 Å². The van der Waals surface area contributed by atoms with E-state index in [-0.39, 0.29) is 0 Å². The molecular weight excluding hydrogens is 246 g/mol. The second-order valence-electron chi connectivity index (χ2n) is 3.97. The van der Waals surface area contributed by atoms with Gasteiger partial charge in [0.2, 0.25) is 0 Å². The molecule has 0 radical (unpaired) electrons. The highest BCUT2D eigenvalue weighted by molar-refractivity contribution is 6.31. The molecule has 0 aliphatic heterocycles. The van der Waals surface area contributed by atoms with Crippen LogP contribution >= 0.6 is 11.6 Å². The third-order valence-corrected chi connectivity index (χ3v) is 3.05. The van der Waals surface area contributed by atoms with Gasteiger partial charge >= 0.3 is 0 Å². The number of hydrogen-bond donors (Lipinski definition) is 2. The van der Waals surface area contributed by atoms with Crippen LogP contribution in [0.3, 0.4) is 0 Å². The summed E-state index contributed by atoms with van der Waals surface area (Å²) in [6.45, 7) is 1.91. The number of halogens is 1. The first-order chi connectivity index (χ1) is 8.61. The van der Waals surface area contributed by atoms with Gasteiger partial charge in [0.1, 0.15) is 6.07 Å². The lowest BCUT2D eigenvalue weighted by atomic mass is 10.1. The maximum absolute atomic E-state index is 9.02. The predicted molar refractivity (Wildman–Crippen MR) is 75.0 cm³/mol. The average molecular weight is 258 g/mol. The quantitative estimate of drug-likeness (QED) is 0.804. The first-order valence-corrected chi connectivity index (χ1v) is 5.81. The molecule has 2 aromatic carbocycles. The van der Waals surface area contributed by atoms with Crippen molar-refractivity contribution < 1.29 is 0 Å². The molecule has 0 saturated carbocycles. The van der Waals surface area contributed by atoms with Crippen molar-refractivity contribution in [3.63, 3.8) is 0 Å². The third-order valence-electron chi connectivity index (χ3n) is 2.65. The number of nitriles is 1. The molecule has 0 fully saturated rings. The molecule has 2 rings (SSSR count). The monoisotopic (exact) mass is 257 g/mol. The van der Waals surface area contributed by atoms with Gasteiger partial charge in [-0.2, -0.15) is 5.26 Å². The van der Waals surface area contributed by atoms with E-state index in [4.69, 9.17) is 22.6 Å². The minimum Gasteiger partial charge on any atom is -0.397 e. The standard InChI is InChI=1S/C14H12ClN3/c1-9-6-14(12(17)7-11(9)15)18-13-5-3-2-4-10(13)8-16/h2-7,18H,17H2,1H3. The van der Waals surface area contributed by atoms with Gasteiger partial charge in [-0.15, -0.1) is 0 Å². The molecule has 90 valence electrons. The summed E-state index contributed by atoms with van der Waals surface area (Å²) in [6, 6.07) is 13.0. The zero-order valence-corrected chi connectivity index (χ0v) is 10.6. The van der Waals surface area contributed by atoms with Crippen molar-refractivity contribution in [1.29, 1.82) is 5.26 Å². The minimum absolute atomic E-state index is 0.554. The van der Waals surface area contributed by atoms with Crippen LogP contribution in [0, 0.1) is 18.3 Å². The summed E-state index contributed by atoms with van der Waals surface area (Å²) < 4.78 is 0. The lowest BCUT2D eigenvalue weighted by molar-refractivity contribution is 1.43. The molecule has 0 atom stereocenters. The molecule has 3 nitrogen and oxygen atoms in total. The van der Waals surface area contributed by atoms with Gasteiger partial charge < -0.3 is 11.1 Å². The average Bonchev–Trinajstić information content (AvgIpc) is 2.36. The van der Waals surface area contributed by atoms with E-state index in [2.05, 4.69) is 11.4 Å². The number of nitrogen functional groups attached to an aromatic ring is 1. The second kappa shape index (κ2) is 4.99. The van der Waals surface area contributed by atoms with Crippen molar-refractivity contribution in [1.82, 2.24) is 0 Å². The minimum atomic E-state index is 0.554. The van der Waals surface area contributed by atoms with Crippen LogP contribution in [0.25, 0.3) is 0 Å². The smallest absolute Gasteiger partial charge is 0.101 e. The fourth-order valence-corrected chi connectivity index (χ4v) is 1.81. The summed E-state index contributed by atoms with van der Waals surface area (Å²) >= 11 is 5.99. The molecule has 0 amide bonds. The summed E-state index contributed by atoms with van der Waals surface area (Å²) in [5, 5.41) is 12.8. The van der Waals surface area contributed by atoms with Crippen LogP contribution in [0.15, 0.2) is 36.4 Å². The fraction of sp³-hybridized carbons (Fsp3) is 0.0714. The molecule has 0 unspecified atom stereocenters. The number of nitrogens with zero attached hydrogens (tertiary/aromatic N) is 1. The Morgan fingerprint density at radius 1 is 1.22 bits per heavy atom. The Labute approximate surface area is 111 Å². The lowest BCUT2D eigenvalue weighted by Gasteiger charge is -2.12. The number of nitrogens with one attached hydrogen (secondary N) is 1. The Bertz CT molecular complexity index is 629. The van der Waals surface area contributed by atoms with E-state index in [1.165, 1.54) is 0 Å². The van der Waals surface area contributed by atoms with E-state index in [1.54, 1.807) is 12.1 Å². The van der Waals surface area contributed by atoms with E-state index >= 15 is 0 Å². The molecule has 2 aromatic rings. The molecular formula is C14H12ClN3. The first kappa shape index (κ1) is 12.3. The SMILES string of the molecule is Cc1cc(Nc2ccccc2C#N)c(N)cc1Cl. The van der Waals surface area contributed by atoms with Crippen molar-refractivity contribution in [3.05, 3.63) is 52.5 Å². The van der Waals surface area contributed by atoms with Crippen molar-refractivity contribution in [2.45, 2.75) is 6.92 Å². The topological polar surface area (TPSA) is 61.8 Å². The van der Waals surface area contributed by atoms with Crippen LogP contribution in [0.1, 0.15) is 11.1 Å². The molecule has 0 saturated heterocycles. The van der Waals surface area contributed by atoms with Gasteiger partial charge in [0.25, 0.3) is 0 Å². The number of anilines is 3. The Morgan fingerprint density at radius 2 is 1.94 bits per heavy atom. The number of nitrogens with two attached hydrogens (primary N) is 1. The molecule has 0 spiro atoms. The number of aryl methyl sites for hydroxylation is 1. The lowest BCUT2D eigenvalue weighted by Crippen LogP contribution is -1.98. The van der Waals surface area contributed by atoms with Gasteiger partial charge in [0.05, 0.1) is 22.6 Å². The molecule has 0 aromatic heterocycles. The van der Waals surface area contributed by atoms with Gasteiger partial charge in [-0.3, -0.25) is 0 Å². The molecule has 18 heavy (non-hydrogen) atoms. The van der Waals surface area contributed by atoms with Gasteiger partial charge in [-0.05, 0) is 36.8 Å². The Hall–Kier alpha value is -2.18. The highest BCUT2D eigenvalue weighted by atomic mass is 35.5. The van der Waals surface area contributed by atoms with E-state index in [9.17, 15) is 0 Å². The van der Waals surface area contributed by atoms with Crippen LogP contribution in [-0.4, -0.2) is 0 Å². The van der Waals surface area contributed by atoms with E-state index in [1.807, 2.05) is 31.2 Å². The number of hydrogen-bond acceptors (Lipinski definition) is 3. The highest BCUT2D eigenvalue weighted by Gasteiger charge is 2.06. The van der Waals surface area contributed by atoms with Gasteiger partial charge in [0.15, 0.2) is 0 Å². The van der Waals surface area contributed by atoms with Gasteiger partial charge in [0, 0.05) is 5.02 Å². The van der Waals surface area contributed by atoms with Crippen LogP contribution in [0.4, 0.5) is 17.1 Å². The number of rotatable bonds is 2. The number of benzene rings is 2. The van der Waals surface area contributed by atoms with E-state index in [0.29, 0.717) is 16.3 Å². The molecule has 0 aliphatic carbocycles. The normalized spacial score (nSPS) is 9.83. The zero-order chi connectivity index (χ0) is 13.1. The molecule has 0 heterocycles. The maximum Gasteiger partial charge on any atom is 0.101 e. The highest BCUT2D eigenvalue weighted by Crippen LogP contribution is 2.30. The van der Waals surface area contributed by atoms with Gasteiger partial charge in [-0.25, -0.2) is 0 Å². The summed E-state index contributed by atoms with van der Waals surface area (Å²) in [7, 11) is 0. The summed E-state index contributed by atoms with van der Waals surface area (Å²) in [5.74, 6) is 0. The Morgan fingerprint density at radius 3 is 2.67 bits per heavy atom. The second-order valence-corrected chi connectivity index (χ2v) is 4.38. The van der Waals surface area contributed by atoms with Gasteiger partial charge in [-0.1, -0.05) is 23.7 Å². The first-order valence-electron chi connectivity index (χ1n) is 5.43. The van der Waals surface area contributed by atoms with Crippen LogP contribution < -0.4 is 11.1 Å². The predicted octanol–water partition coefficient (Wildman–Crippen LogP) is 3.85. The Balaban J connectivity index is 2.41. The molecule has 4 heteroatoms. The molecule has 3 N–H and O–H groups in total. The van der Waals surface area contributed by atoms with Crippen molar-refractivity contribution in [2.24, 2.45) is 0 Å². The van der Waals surface area contributed by atoms with Crippen molar-refractivity contribution in [3.8, 4) is 6.07 Å². The zero-order valence-electron chi connectivity index (χ0n) is 9.87.